The van der Waals surface area contributed by atoms with Crippen LogP contribution in [0.2, 0.25) is 0 Å². The van der Waals surface area contributed by atoms with E-state index in [0.717, 1.165) is 35.5 Å². The summed E-state index contributed by atoms with van der Waals surface area (Å²) in [6.07, 6.45) is 5.18. The Balaban J connectivity index is 1.93. The van der Waals surface area contributed by atoms with Crippen molar-refractivity contribution in [3.05, 3.63) is 47.5 Å². The zero-order valence-corrected chi connectivity index (χ0v) is 15.8. The average molecular weight is 343 g/mol. The van der Waals surface area contributed by atoms with Gasteiger partial charge in [-0.2, -0.15) is 0 Å². The van der Waals surface area contributed by atoms with Crippen molar-refractivity contribution in [3.63, 3.8) is 0 Å². The Morgan fingerprint density at radius 2 is 2.12 bits per heavy atom. The van der Waals surface area contributed by atoms with Gasteiger partial charge in [0.15, 0.2) is 5.60 Å². The number of nitrogens with one attached hydrogen (secondary N) is 2. The molecule has 0 saturated heterocycles. The first-order chi connectivity index (χ1) is 11.8. The van der Waals surface area contributed by atoms with Crippen LogP contribution in [0.25, 0.3) is 0 Å². The highest BCUT2D eigenvalue weighted by Gasteiger charge is 2.30. The number of H-pyrrole nitrogens is 1. The van der Waals surface area contributed by atoms with Crippen molar-refractivity contribution in [3.8, 4) is 5.75 Å². The maximum Gasteiger partial charge on any atom is 0.263 e. The van der Waals surface area contributed by atoms with E-state index in [4.69, 9.17) is 4.74 Å². The normalized spacial score (nSPS) is 11.6. The van der Waals surface area contributed by atoms with Crippen LogP contribution in [-0.2, 0) is 11.2 Å². The molecular weight excluding hydrogens is 314 g/mol. The van der Waals surface area contributed by atoms with Gasteiger partial charge in [0.05, 0.1) is 0 Å². The van der Waals surface area contributed by atoms with Crippen molar-refractivity contribution in [1.29, 1.82) is 0 Å². The van der Waals surface area contributed by atoms with Gasteiger partial charge in [-0.25, -0.2) is 4.98 Å². The summed E-state index contributed by atoms with van der Waals surface area (Å²) in [7, 11) is 0. The summed E-state index contributed by atoms with van der Waals surface area (Å²) >= 11 is 0. The maximum atomic E-state index is 12.5. The number of imidazole rings is 1. The summed E-state index contributed by atoms with van der Waals surface area (Å²) in [4.78, 5) is 19.8. The number of carbonyl (C=O) groups excluding carboxylic acids is 1. The van der Waals surface area contributed by atoms with Gasteiger partial charge in [-0.15, -0.1) is 0 Å². The quantitative estimate of drug-likeness (QED) is 0.717. The Labute approximate surface area is 150 Å². The first-order valence-electron chi connectivity index (χ1n) is 8.85. The van der Waals surface area contributed by atoms with E-state index in [1.54, 1.807) is 26.2 Å². The van der Waals surface area contributed by atoms with Gasteiger partial charge in [0.1, 0.15) is 11.6 Å². The molecule has 0 saturated carbocycles. The topological polar surface area (TPSA) is 67.0 Å². The van der Waals surface area contributed by atoms with Crippen LogP contribution >= 0.6 is 0 Å². The number of rotatable bonds is 8. The molecule has 0 aliphatic heterocycles. The molecule has 1 aromatic carbocycles. The van der Waals surface area contributed by atoms with E-state index < -0.39 is 5.60 Å². The first-order valence-corrected chi connectivity index (χ1v) is 8.85. The molecule has 0 aliphatic carbocycles. The molecule has 136 valence electrons. The van der Waals surface area contributed by atoms with E-state index in [0.29, 0.717) is 12.5 Å². The van der Waals surface area contributed by atoms with Gasteiger partial charge in [-0.05, 0) is 50.3 Å². The smallest absolute Gasteiger partial charge is 0.263 e. The number of aryl methyl sites for hydroxylation is 2. The van der Waals surface area contributed by atoms with Crippen LogP contribution in [0.3, 0.4) is 0 Å². The van der Waals surface area contributed by atoms with E-state index in [-0.39, 0.29) is 5.91 Å². The molecule has 2 N–H and O–H groups in total. The molecule has 0 spiro atoms. The number of benzene rings is 1. The minimum Gasteiger partial charge on any atom is -0.478 e. The molecule has 5 heteroatoms. The summed E-state index contributed by atoms with van der Waals surface area (Å²) in [5.74, 6) is 1.95. The third-order valence-corrected chi connectivity index (χ3v) is 4.13. The molecule has 1 aromatic heterocycles. The fourth-order valence-corrected chi connectivity index (χ4v) is 2.63. The molecule has 0 radical (unpaired) electrons. The lowest BCUT2D eigenvalue weighted by Gasteiger charge is -2.27. The summed E-state index contributed by atoms with van der Waals surface area (Å²) < 4.78 is 6.11. The van der Waals surface area contributed by atoms with Crippen LogP contribution in [0.1, 0.15) is 57.0 Å². The second-order valence-electron chi connectivity index (χ2n) is 7.20. The fourth-order valence-electron chi connectivity index (χ4n) is 2.63. The van der Waals surface area contributed by atoms with Crippen LogP contribution in [0.4, 0.5) is 0 Å². The number of carbonyl (C=O) groups is 1. The van der Waals surface area contributed by atoms with Gasteiger partial charge in [0.25, 0.3) is 5.91 Å². The summed E-state index contributed by atoms with van der Waals surface area (Å²) in [6.45, 7) is 10.5. The lowest BCUT2D eigenvalue weighted by molar-refractivity contribution is -0.134. The largest absolute Gasteiger partial charge is 0.478 e. The highest BCUT2D eigenvalue weighted by molar-refractivity contribution is 5.84. The molecule has 2 rings (SSSR count). The van der Waals surface area contributed by atoms with Crippen molar-refractivity contribution in [1.82, 2.24) is 15.3 Å². The molecule has 0 unspecified atom stereocenters. The van der Waals surface area contributed by atoms with Crippen LogP contribution in [0.5, 0.6) is 5.75 Å². The minimum absolute atomic E-state index is 0.108. The summed E-state index contributed by atoms with van der Waals surface area (Å²) in [6, 6.07) is 6.15. The van der Waals surface area contributed by atoms with Crippen LogP contribution in [0.15, 0.2) is 30.6 Å². The third-order valence-electron chi connectivity index (χ3n) is 4.13. The number of aromatic nitrogens is 2. The van der Waals surface area contributed by atoms with Gasteiger partial charge in [0.2, 0.25) is 0 Å². The average Bonchev–Trinajstić information content (AvgIpc) is 3.04. The number of aromatic amines is 1. The highest BCUT2D eigenvalue weighted by atomic mass is 16.5. The molecule has 5 nitrogen and oxygen atoms in total. The summed E-state index contributed by atoms with van der Waals surface area (Å²) in [5, 5.41) is 2.96. The summed E-state index contributed by atoms with van der Waals surface area (Å²) in [5.41, 5.74) is 1.31. The number of hydrogen-bond donors (Lipinski definition) is 2. The third kappa shape index (κ3) is 5.34. The second-order valence-corrected chi connectivity index (χ2v) is 7.20. The molecule has 2 aromatic rings. The Hall–Kier alpha value is -2.30. The monoisotopic (exact) mass is 343 g/mol. The lowest BCUT2D eigenvalue weighted by atomic mass is 10.00. The molecule has 25 heavy (non-hydrogen) atoms. The van der Waals surface area contributed by atoms with Gasteiger partial charge < -0.3 is 15.0 Å². The fraction of sp³-hybridized carbons (Fsp3) is 0.500. The van der Waals surface area contributed by atoms with Crippen LogP contribution < -0.4 is 10.1 Å². The SMILES string of the molecule is Cc1ccc(C(C)C)c(OC(C)(C)C(=O)NCCCc2ncc[nH]2)c1. The Bertz CT molecular complexity index is 691. The number of nitrogens with zero attached hydrogens (tertiary/aromatic N) is 1. The van der Waals surface area contributed by atoms with Gasteiger partial charge in [-0.3, -0.25) is 4.79 Å². The van der Waals surface area contributed by atoms with Crippen molar-refractivity contribution >= 4 is 5.91 Å². The molecule has 1 heterocycles. The molecule has 0 atom stereocenters. The zero-order chi connectivity index (χ0) is 18.4. The Morgan fingerprint density at radius 3 is 2.76 bits per heavy atom. The minimum atomic E-state index is -0.928. The van der Waals surface area contributed by atoms with E-state index in [9.17, 15) is 4.79 Å². The predicted molar refractivity (Wildman–Crippen MR) is 99.9 cm³/mol. The number of ether oxygens (including phenoxy) is 1. The highest BCUT2D eigenvalue weighted by Crippen LogP contribution is 2.30. The molecule has 0 aliphatic rings. The van der Waals surface area contributed by atoms with E-state index in [1.807, 2.05) is 13.0 Å². The molecule has 1 amide bonds. The van der Waals surface area contributed by atoms with Crippen molar-refractivity contribution in [2.45, 2.75) is 59.0 Å². The maximum absolute atomic E-state index is 12.5. The molecule has 0 bridgehead atoms. The van der Waals surface area contributed by atoms with Crippen LogP contribution in [0, 0.1) is 6.92 Å². The standard InChI is InChI=1S/C20H29N3O2/c1-14(2)16-9-8-15(3)13-17(16)25-20(4,5)19(24)23-10-6-7-18-21-11-12-22-18/h8-9,11-14H,6-7,10H2,1-5H3,(H,21,22)(H,23,24). The predicted octanol–water partition coefficient (Wildman–Crippen LogP) is 3.75. The number of hydrogen-bond acceptors (Lipinski definition) is 3. The van der Waals surface area contributed by atoms with Crippen molar-refractivity contribution in [2.75, 3.05) is 6.54 Å². The van der Waals surface area contributed by atoms with E-state index >= 15 is 0 Å². The van der Waals surface area contributed by atoms with Crippen molar-refractivity contribution < 1.29 is 9.53 Å². The van der Waals surface area contributed by atoms with Gasteiger partial charge in [-0.1, -0.05) is 26.0 Å². The Kier molecular flexibility index (Phi) is 6.23. The van der Waals surface area contributed by atoms with Crippen molar-refractivity contribution in [2.24, 2.45) is 0 Å². The molecular formula is C20H29N3O2. The van der Waals surface area contributed by atoms with Crippen LogP contribution in [-0.4, -0.2) is 28.0 Å². The number of amides is 1. The lowest BCUT2D eigenvalue weighted by Crippen LogP contribution is -2.47. The zero-order valence-electron chi connectivity index (χ0n) is 15.8. The van der Waals surface area contributed by atoms with Gasteiger partial charge >= 0.3 is 0 Å². The van der Waals surface area contributed by atoms with E-state index in [1.165, 1.54) is 0 Å². The molecule has 0 fully saturated rings. The van der Waals surface area contributed by atoms with Gasteiger partial charge in [0, 0.05) is 25.4 Å². The first kappa shape index (κ1) is 19.0. The second kappa shape index (κ2) is 8.19. The Morgan fingerprint density at radius 1 is 1.36 bits per heavy atom. The van der Waals surface area contributed by atoms with E-state index in [2.05, 4.69) is 41.3 Å².